The summed E-state index contributed by atoms with van der Waals surface area (Å²) in [5, 5.41) is 3.29. The molecule has 0 aliphatic carbocycles. The maximum Gasteiger partial charge on any atom is 0.123 e. The highest BCUT2D eigenvalue weighted by Crippen LogP contribution is 2.06. The van der Waals surface area contributed by atoms with E-state index in [1.54, 1.807) is 0 Å². The van der Waals surface area contributed by atoms with Gasteiger partial charge in [0, 0.05) is 19.3 Å². The molecule has 2 aromatic rings. The highest BCUT2D eigenvalue weighted by atomic mass is 19.1. The average Bonchev–Trinajstić information content (AvgIpc) is 2.83. The fourth-order valence-electron chi connectivity index (χ4n) is 1.85. The number of benzene rings is 1. The fraction of sp³-hybridized carbons (Fsp3) is 0.357. The second-order valence-electron chi connectivity index (χ2n) is 4.24. The van der Waals surface area contributed by atoms with E-state index in [4.69, 9.17) is 0 Å². The Labute approximate surface area is 107 Å². The summed E-state index contributed by atoms with van der Waals surface area (Å²) in [7, 11) is 0. The van der Waals surface area contributed by atoms with Gasteiger partial charge >= 0.3 is 0 Å². The van der Waals surface area contributed by atoms with E-state index in [2.05, 4.69) is 21.8 Å². The second-order valence-corrected chi connectivity index (χ2v) is 4.24. The first-order valence-electron chi connectivity index (χ1n) is 6.23. The van der Waals surface area contributed by atoms with E-state index in [-0.39, 0.29) is 5.82 Å². The Balaban J connectivity index is 1.93. The van der Waals surface area contributed by atoms with E-state index in [1.165, 1.54) is 17.8 Å². The fourth-order valence-corrected chi connectivity index (χ4v) is 1.85. The molecule has 0 radical (unpaired) electrons. The van der Waals surface area contributed by atoms with Crippen LogP contribution < -0.4 is 5.32 Å². The predicted octanol–water partition coefficient (Wildman–Crippen LogP) is 2.37. The van der Waals surface area contributed by atoms with Gasteiger partial charge in [-0.25, -0.2) is 9.37 Å². The zero-order valence-electron chi connectivity index (χ0n) is 10.6. The van der Waals surface area contributed by atoms with Crippen molar-refractivity contribution in [2.45, 2.75) is 26.4 Å². The minimum absolute atomic E-state index is 0.186. The molecule has 0 saturated carbocycles. The third-order valence-corrected chi connectivity index (χ3v) is 2.91. The van der Waals surface area contributed by atoms with Gasteiger partial charge < -0.3 is 9.88 Å². The number of aromatic nitrogens is 2. The Morgan fingerprint density at radius 3 is 2.78 bits per heavy atom. The molecule has 2 rings (SSSR count). The summed E-state index contributed by atoms with van der Waals surface area (Å²) in [5.74, 6) is -0.186. The Morgan fingerprint density at radius 2 is 2.06 bits per heavy atom. The maximum absolute atomic E-state index is 12.8. The van der Waals surface area contributed by atoms with E-state index >= 15 is 0 Å². The molecule has 0 unspecified atom stereocenters. The van der Waals surface area contributed by atoms with Crippen LogP contribution in [0.15, 0.2) is 36.8 Å². The van der Waals surface area contributed by atoms with Crippen molar-refractivity contribution in [1.82, 2.24) is 14.9 Å². The van der Waals surface area contributed by atoms with Gasteiger partial charge in [0.15, 0.2) is 0 Å². The minimum atomic E-state index is -0.186. The van der Waals surface area contributed by atoms with Crippen LogP contribution in [-0.4, -0.2) is 16.1 Å². The molecule has 1 aromatic carbocycles. The van der Waals surface area contributed by atoms with Gasteiger partial charge in [-0.15, -0.1) is 0 Å². The van der Waals surface area contributed by atoms with E-state index in [1.807, 2.05) is 24.7 Å². The molecule has 0 fully saturated rings. The quantitative estimate of drug-likeness (QED) is 0.849. The van der Waals surface area contributed by atoms with Crippen LogP contribution in [-0.2, 0) is 19.5 Å². The van der Waals surface area contributed by atoms with Gasteiger partial charge in [-0.2, -0.15) is 0 Å². The number of rotatable bonds is 6. The molecule has 0 atom stereocenters. The first kappa shape index (κ1) is 12.8. The SMILES string of the molecule is CCNCc1cncn1CCc1ccc(F)cc1. The number of halogens is 1. The van der Waals surface area contributed by atoms with Crippen LogP contribution in [0.1, 0.15) is 18.2 Å². The van der Waals surface area contributed by atoms with Crippen molar-refractivity contribution in [3.05, 3.63) is 53.9 Å². The van der Waals surface area contributed by atoms with Crippen molar-refractivity contribution < 1.29 is 4.39 Å². The molecule has 0 spiro atoms. The van der Waals surface area contributed by atoms with Gasteiger partial charge in [-0.3, -0.25) is 0 Å². The van der Waals surface area contributed by atoms with Gasteiger partial charge in [-0.1, -0.05) is 19.1 Å². The van der Waals surface area contributed by atoms with Crippen LogP contribution in [0.25, 0.3) is 0 Å². The lowest BCUT2D eigenvalue weighted by Gasteiger charge is -2.08. The van der Waals surface area contributed by atoms with Crippen molar-refractivity contribution in [2.24, 2.45) is 0 Å². The monoisotopic (exact) mass is 247 g/mol. The number of aryl methyl sites for hydroxylation is 2. The summed E-state index contributed by atoms with van der Waals surface area (Å²) in [5.41, 5.74) is 2.32. The molecule has 0 amide bonds. The van der Waals surface area contributed by atoms with Gasteiger partial charge in [0.2, 0.25) is 0 Å². The number of hydrogen-bond donors (Lipinski definition) is 1. The largest absolute Gasteiger partial charge is 0.333 e. The van der Waals surface area contributed by atoms with Gasteiger partial charge in [0.05, 0.1) is 12.0 Å². The van der Waals surface area contributed by atoms with Crippen LogP contribution in [0.5, 0.6) is 0 Å². The Morgan fingerprint density at radius 1 is 1.28 bits per heavy atom. The number of imidazole rings is 1. The zero-order valence-corrected chi connectivity index (χ0v) is 10.6. The lowest BCUT2D eigenvalue weighted by Crippen LogP contribution is -2.15. The van der Waals surface area contributed by atoms with Gasteiger partial charge in [0.25, 0.3) is 0 Å². The zero-order chi connectivity index (χ0) is 12.8. The third-order valence-electron chi connectivity index (χ3n) is 2.91. The summed E-state index contributed by atoms with van der Waals surface area (Å²) in [6, 6.07) is 6.66. The van der Waals surface area contributed by atoms with Gasteiger partial charge in [0.1, 0.15) is 5.82 Å². The molecule has 3 nitrogen and oxygen atoms in total. The highest BCUT2D eigenvalue weighted by Gasteiger charge is 2.01. The summed E-state index contributed by atoms with van der Waals surface area (Å²) >= 11 is 0. The number of nitrogens with zero attached hydrogens (tertiary/aromatic N) is 2. The lowest BCUT2D eigenvalue weighted by molar-refractivity contribution is 0.614. The van der Waals surface area contributed by atoms with Crippen LogP contribution >= 0.6 is 0 Å². The van der Waals surface area contributed by atoms with Crippen molar-refractivity contribution in [3.63, 3.8) is 0 Å². The molecule has 1 N–H and O–H groups in total. The average molecular weight is 247 g/mol. The first-order chi connectivity index (χ1) is 8.79. The standard InChI is InChI=1S/C14H18FN3/c1-2-16-9-14-10-17-11-18(14)8-7-12-3-5-13(15)6-4-12/h3-6,10-11,16H,2,7-9H2,1H3. The smallest absolute Gasteiger partial charge is 0.123 e. The molecule has 0 bridgehead atoms. The van der Waals surface area contributed by atoms with Crippen LogP contribution in [0.2, 0.25) is 0 Å². The maximum atomic E-state index is 12.8. The normalized spacial score (nSPS) is 10.8. The van der Waals surface area contributed by atoms with Crippen molar-refractivity contribution >= 4 is 0 Å². The molecule has 1 heterocycles. The molecule has 0 aliphatic heterocycles. The van der Waals surface area contributed by atoms with Crippen molar-refractivity contribution in [3.8, 4) is 0 Å². The Kier molecular flexibility index (Phi) is 4.47. The van der Waals surface area contributed by atoms with Crippen molar-refractivity contribution in [2.75, 3.05) is 6.54 Å². The third kappa shape index (κ3) is 3.40. The summed E-state index contributed by atoms with van der Waals surface area (Å²) < 4.78 is 14.9. The van der Waals surface area contributed by atoms with Crippen LogP contribution in [0.4, 0.5) is 4.39 Å². The lowest BCUT2D eigenvalue weighted by atomic mass is 10.1. The molecule has 0 saturated heterocycles. The molecule has 18 heavy (non-hydrogen) atoms. The molecule has 4 heteroatoms. The molecule has 96 valence electrons. The topological polar surface area (TPSA) is 29.9 Å². The van der Waals surface area contributed by atoms with Crippen molar-refractivity contribution in [1.29, 1.82) is 0 Å². The minimum Gasteiger partial charge on any atom is -0.333 e. The van der Waals surface area contributed by atoms with E-state index in [0.29, 0.717) is 0 Å². The highest BCUT2D eigenvalue weighted by molar-refractivity contribution is 5.16. The second kappa shape index (κ2) is 6.31. The number of hydrogen-bond acceptors (Lipinski definition) is 2. The molecular formula is C14H18FN3. The Bertz CT molecular complexity index is 476. The predicted molar refractivity (Wildman–Crippen MR) is 69.7 cm³/mol. The molecule has 1 aromatic heterocycles. The molecule has 0 aliphatic rings. The summed E-state index contributed by atoms with van der Waals surface area (Å²) in [4.78, 5) is 4.16. The van der Waals surface area contributed by atoms with E-state index < -0.39 is 0 Å². The number of nitrogens with one attached hydrogen (secondary N) is 1. The van der Waals surface area contributed by atoms with Gasteiger partial charge in [-0.05, 0) is 30.7 Å². The van der Waals surface area contributed by atoms with E-state index in [9.17, 15) is 4.39 Å². The summed E-state index contributed by atoms with van der Waals surface area (Å²) in [6.45, 7) is 4.73. The first-order valence-corrected chi connectivity index (χ1v) is 6.23. The molecular weight excluding hydrogens is 229 g/mol. The van der Waals surface area contributed by atoms with E-state index in [0.717, 1.165) is 31.6 Å². The Hall–Kier alpha value is -1.68. The van der Waals surface area contributed by atoms with Crippen LogP contribution in [0.3, 0.4) is 0 Å². The summed E-state index contributed by atoms with van der Waals surface area (Å²) in [6.07, 6.45) is 4.61. The van der Waals surface area contributed by atoms with Crippen LogP contribution in [0, 0.1) is 5.82 Å².